The molecular formula is C20H20BrNO3. The number of hydrogen-bond donors (Lipinski definition) is 1. The average Bonchev–Trinajstić information content (AvgIpc) is 2.98. The fourth-order valence-electron chi connectivity index (χ4n) is 2.77. The van der Waals surface area contributed by atoms with Crippen LogP contribution in [0.5, 0.6) is 0 Å². The van der Waals surface area contributed by atoms with Gasteiger partial charge in [-0.3, -0.25) is 0 Å². The molecule has 2 aromatic carbocycles. The fraction of sp³-hybridized carbons (Fsp3) is 0.250. The molecule has 0 aliphatic heterocycles. The zero-order valence-corrected chi connectivity index (χ0v) is 15.8. The first-order valence-electron chi connectivity index (χ1n) is 8.26. The largest absolute Gasteiger partial charge is 0.460 e. The second-order valence-corrected chi connectivity index (χ2v) is 6.70. The molecule has 0 spiro atoms. The lowest BCUT2D eigenvalue weighted by atomic mass is 10.1. The van der Waals surface area contributed by atoms with Gasteiger partial charge < -0.3 is 14.5 Å². The summed E-state index contributed by atoms with van der Waals surface area (Å²) in [5, 5.41) is 4.37. The summed E-state index contributed by atoms with van der Waals surface area (Å²) in [6.45, 7) is 4.70. The number of furan rings is 1. The molecule has 1 atom stereocenters. The average molecular weight is 402 g/mol. The molecule has 0 saturated carbocycles. The van der Waals surface area contributed by atoms with Crippen LogP contribution in [-0.2, 0) is 11.3 Å². The van der Waals surface area contributed by atoms with Crippen molar-refractivity contribution in [2.75, 3.05) is 6.61 Å². The summed E-state index contributed by atoms with van der Waals surface area (Å²) in [4.78, 5) is 12.3. The van der Waals surface area contributed by atoms with Crippen LogP contribution in [0.3, 0.4) is 0 Å². The highest BCUT2D eigenvalue weighted by Crippen LogP contribution is 2.30. The molecule has 130 valence electrons. The van der Waals surface area contributed by atoms with Crippen molar-refractivity contribution in [1.82, 2.24) is 5.32 Å². The Balaban J connectivity index is 1.91. The predicted octanol–water partition coefficient (Wildman–Crippen LogP) is 5.22. The Kier molecular flexibility index (Phi) is 5.56. The number of benzene rings is 2. The number of esters is 1. The van der Waals surface area contributed by atoms with Gasteiger partial charge in [-0.25, -0.2) is 4.79 Å². The molecule has 1 aromatic heterocycles. The summed E-state index contributed by atoms with van der Waals surface area (Å²) in [7, 11) is 0. The minimum atomic E-state index is -0.431. The zero-order valence-electron chi connectivity index (χ0n) is 14.2. The van der Waals surface area contributed by atoms with E-state index in [9.17, 15) is 4.79 Å². The Morgan fingerprint density at radius 2 is 2.00 bits per heavy atom. The van der Waals surface area contributed by atoms with E-state index in [1.54, 1.807) is 6.92 Å². The second kappa shape index (κ2) is 7.85. The predicted molar refractivity (Wildman–Crippen MR) is 102 cm³/mol. The van der Waals surface area contributed by atoms with Gasteiger partial charge in [0.25, 0.3) is 0 Å². The normalized spacial score (nSPS) is 12.3. The van der Waals surface area contributed by atoms with Gasteiger partial charge in [0, 0.05) is 28.0 Å². The van der Waals surface area contributed by atoms with Crippen molar-refractivity contribution in [3.8, 4) is 0 Å². The highest BCUT2D eigenvalue weighted by atomic mass is 79.9. The molecule has 25 heavy (non-hydrogen) atoms. The van der Waals surface area contributed by atoms with Crippen LogP contribution in [0.1, 0.15) is 41.6 Å². The molecule has 0 aliphatic rings. The lowest BCUT2D eigenvalue weighted by molar-refractivity contribution is 0.0490. The summed E-state index contributed by atoms with van der Waals surface area (Å²) < 4.78 is 11.9. The molecule has 3 rings (SSSR count). The molecule has 5 heteroatoms. The van der Waals surface area contributed by atoms with Gasteiger partial charge in [-0.05, 0) is 37.6 Å². The van der Waals surface area contributed by atoms with E-state index in [4.69, 9.17) is 9.15 Å². The van der Waals surface area contributed by atoms with Crippen molar-refractivity contribution in [3.05, 3.63) is 69.9 Å². The number of carbonyl (C=O) groups excluding carboxylic acids is 1. The number of rotatable bonds is 6. The topological polar surface area (TPSA) is 51.5 Å². The molecule has 0 fully saturated rings. The molecule has 0 radical (unpaired) electrons. The molecule has 4 nitrogen and oxygen atoms in total. The van der Waals surface area contributed by atoms with E-state index in [-0.39, 0.29) is 11.8 Å². The summed E-state index contributed by atoms with van der Waals surface area (Å²) >= 11 is 3.48. The minimum Gasteiger partial charge on any atom is -0.460 e. The summed E-state index contributed by atoms with van der Waals surface area (Å²) in [6.07, 6.45) is 0. The van der Waals surface area contributed by atoms with E-state index in [0.29, 0.717) is 18.7 Å². The van der Waals surface area contributed by atoms with Crippen LogP contribution in [0.25, 0.3) is 11.0 Å². The van der Waals surface area contributed by atoms with Crippen molar-refractivity contribution in [1.29, 1.82) is 0 Å². The van der Waals surface area contributed by atoms with Gasteiger partial charge in [0.2, 0.25) is 5.76 Å². The molecule has 0 saturated heterocycles. The third-order valence-electron chi connectivity index (χ3n) is 4.10. The van der Waals surface area contributed by atoms with E-state index in [2.05, 4.69) is 40.3 Å². The Morgan fingerprint density at radius 1 is 1.24 bits per heavy atom. The van der Waals surface area contributed by atoms with Crippen LogP contribution in [0.2, 0.25) is 0 Å². The van der Waals surface area contributed by atoms with E-state index in [1.165, 1.54) is 5.56 Å². The molecule has 0 aliphatic carbocycles. The second-order valence-electron chi connectivity index (χ2n) is 5.78. The van der Waals surface area contributed by atoms with Gasteiger partial charge in [0.05, 0.1) is 6.61 Å². The van der Waals surface area contributed by atoms with Gasteiger partial charge in [0.15, 0.2) is 0 Å². The van der Waals surface area contributed by atoms with Crippen molar-refractivity contribution in [2.24, 2.45) is 0 Å². The van der Waals surface area contributed by atoms with Crippen molar-refractivity contribution < 1.29 is 13.9 Å². The van der Waals surface area contributed by atoms with Gasteiger partial charge in [-0.2, -0.15) is 0 Å². The molecule has 3 aromatic rings. The Morgan fingerprint density at radius 3 is 2.72 bits per heavy atom. The molecule has 0 amide bonds. The van der Waals surface area contributed by atoms with E-state index >= 15 is 0 Å². The highest BCUT2D eigenvalue weighted by molar-refractivity contribution is 9.10. The van der Waals surface area contributed by atoms with E-state index in [1.807, 2.05) is 36.4 Å². The van der Waals surface area contributed by atoms with Gasteiger partial charge in [0.1, 0.15) is 5.58 Å². The number of ether oxygens (including phenoxy) is 1. The van der Waals surface area contributed by atoms with Crippen LogP contribution >= 0.6 is 15.9 Å². The maximum absolute atomic E-state index is 12.3. The molecule has 0 bridgehead atoms. The van der Waals surface area contributed by atoms with Crippen molar-refractivity contribution >= 4 is 32.9 Å². The van der Waals surface area contributed by atoms with Crippen LogP contribution < -0.4 is 5.32 Å². The van der Waals surface area contributed by atoms with Crippen molar-refractivity contribution in [2.45, 2.75) is 26.4 Å². The number of halogens is 1. The van der Waals surface area contributed by atoms with Crippen LogP contribution in [0.15, 0.2) is 57.4 Å². The minimum absolute atomic E-state index is 0.147. The first-order valence-corrected chi connectivity index (χ1v) is 9.05. The van der Waals surface area contributed by atoms with Gasteiger partial charge in [-0.15, -0.1) is 0 Å². The first-order chi connectivity index (χ1) is 12.1. The monoisotopic (exact) mass is 401 g/mol. The summed E-state index contributed by atoms with van der Waals surface area (Å²) in [5.74, 6) is -0.165. The number of hydrogen-bond acceptors (Lipinski definition) is 4. The lowest BCUT2D eigenvalue weighted by Gasteiger charge is -2.14. The van der Waals surface area contributed by atoms with Crippen molar-refractivity contribution in [3.63, 3.8) is 0 Å². The van der Waals surface area contributed by atoms with E-state index in [0.717, 1.165) is 15.4 Å². The first kappa shape index (κ1) is 17.7. The third-order valence-corrected chi connectivity index (χ3v) is 4.59. The summed E-state index contributed by atoms with van der Waals surface area (Å²) in [5.41, 5.74) is 2.68. The number of fused-ring (bicyclic) bond motifs is 1. The Bertz CT molecular complexity index is 873. The maximum Gasteiger partial charge on any atom is 0.374 e. The maximum atomic E-state index is 12.3. The van der Waals surface area contributed by atoms with Crippen LogP contribution in [0, 0.1) is 0 Å². The van der Waals surface area contributed by atoms with Crippen LogP contribution in [-0.4, -0.2) is 12.6 Å². The number of nitrogens with one attached hydrogen (secondary N) is 1. The van der Waals surface area contributed by atoms with Crippen LogP contribution in [0.4, 0.5) is 0 Å². The Labute approximate surface area is 155 Å². The summed E-state index contributed by atoms with van der Waals surface area (Å²) in [6, 6.07) is 16.0. The molecule has 1 heterocycles. The quantitative estimate of drug-likeness (QED) is 0.575. The zero-order chi connectivity index (χ0) is 17.8. The third kappa shape index (κ3) is 3.94. The standard InChI is InChI=1S/C20H20BrNO3/c1-3-24-20(23)19-17(16-11-15(21)9-10-18(16)25-19)12-22-13(2)14-7-5-4-6-8-14/h4-11,13,22H,3,12H2,1-2H3/t13-/m1/s1. The molecule has 1 N–H and O–H groups in total. The molecule has 0 unspecified atom stereocenters. The SMILES string of the molecule is CCOC(=O)c1oc2ccc(Br)cc2c1CN[C@H](C)c1ccccc1. The van der Waals surface area contributed by atoms with E-state index < -0.39 is 5.97 Å². The Hall–Kier alpha value is -2.11. The smallest absolute Gasteiger partial charge is 0.374 e. The van der Waals surface area contributed by atoms with Gasteiger partial charge in [-0.1, -0.05) is 46.3 Å². The number of carbonyl (C=O) groups is 1. The highest BCUT2D eigenvalue weighted by Gasteiger charge is 2.22. The van der Waals surface area contributed by atoms with Gasteiger partial charge >= 0.3 is 5.97 Å². The lowest BCUT2D eigenvalue weighted by Crippen LogP contribution is -2.19. The fourth-order valence-corrected chi connectivity index (χ4v) is 3.13. The molecular weight excluding hydrogens is 382 g/mol.